The quantitative estimate of drug-likeness (QED) is 0.876. The number of nitrogens with zero attached hydrogens (tertiary/aromatic N) is 4. The molecule has 1 amide bonds. The highest BCUT2D eigenvalue weighted by molar-refractivity contribution is 5.92. The van der Waals surface area contributed by atoms with E-state index in [0.29, 0.717) is 29.0 Å². The molecule has 1 aliphatic heterocycles. The van der Waals surface area contributed by atoms with Crippen LogP contribution in [0.15, 0.2) is 30.3 Å². The highest BCUT2D eigenvalue weighted by atomic mass is 16.5. The lowest BCUT2D eigenvalue weighted by Gasteiger charge is -2.31. The Morgan fingerprint density at radius 2 is 2.26 bits per heavy atom. The number of nitriles is 1. The van der Waals surface area contributed by atoms with Gasteiger partial charge < -0.3 is 15.0 Å². The van der Waals surface area contributed by atoms with Crippen LogP contribution in [0.4, 0.5) is 11.6 Å². The van der Waals surface area contributed by atoms with E-state index in [0.717, 1.165) is 25.2 Å². The van der Waals surface area contributed by atoms with E-state index < -0.39 is 0 Å². The van der Waals surface area contributed by atoms with E-state index in [4.69, 9.17) is 10.00 Å². The first-order chi connectivity index (χ1) is 13.0. The molecule has 0 radical (unpaired) electrons. The zero-order valence-corrected chi connectivity index (χ0v) is 15.6. The van der Waals surface area contributed by atoms with Crippen LogP contribution in [-0.2, 0) is 4.79 Å². The van der Waals surface area contributed by atoms with Crippen molar-refractivity contribution in [2.45, 2.75) is 26.7 Å². The van der Waals surface area contributed by atoms with E-state index in [2.05, 4.69) is 27.1 Å². The molecule has 2 heterocycles. The second-order valence-corrected chi connectivity index (χ2v) is 6.87. The minimum absolute atomic E-state index is 0.164. The lowest BCUT2D eigenvalue weighted by atomic mass is 10.0. The number of hydrogen-bond donors (Lipinski definition) is 1. The minimum atomic E-state index is -0.311. The molecule has 0 spiro atoms. The van der Waals surface area contributed by atoms with Gasteiger partial charge in [0, 0.05) is 30.5 Å². The molecule has 27 heavy (non-hydrogen) atoms. The molecule has 0 unspecified atom stereocenters. The number of piperidine rings is 1. The van der Waals surface area contributed by atoms with E-state index >= 15 is 0 Å². The Bertz CT molecular complexity index is 862. The third-order valence-electron chi connectivity index (χ3n) is 4.39. The zero-order valence-electron chi connectivity index (χ0n) is 15.6. The molecule has 1 fully saturated rings. The maximum Gasteiger partial charge on any atom is 0.262 e. The highest BCUT2D eigenvalue weighted by Gasteiger charge is 2.19. The highest BCUT2D eigenvalue weighted by Crippen LogP contribution is 2.22. The summed E-state index contributed by atoms with van der Waals surface area (Å²) in [4.78, 5) is 23.3. The van der Waals surface area contributed by atoms with E-state index in [9.17, 15) is 4.79 Å². The molecule has 7 heteroatoms. The number of carbonyl (C=O) groups is 1. The van der Waals surface area contributed by atoms with Crippen molar-refractivity contribution in [1.29, 1.82) is 5.26 Å². The molecular formula is C20H23N5O2. The fraction of sp³-hybridized carbons (Fsp3) is 0.400. The van der Waals surface area contributed by atoms with Crippen LogP contribution in [0.5, 0.6) is 5.88 Å². The maximum absolute atomic E-state index is 12.1. The van der Waals surface area contributed by atoms with Gasteiger partial charge in [-0.15, -0.1) is 0 Å². The predicted octanol–water partition coefficient (Wildman–Crippen LogP) is 2.91. The van der Waals surface area contributed by atoms with Crippen LogP contribution in [0.1, 0.15) is 31.0 Å². The summed E-state index contributed by atoms with van der Waals surface area (Å²) in [6.07, 6.45) is 2.34. The first-order valence-electron chi connectivity index (χ1n) is 9.07. The fourth-order valence-corrected chi connectivity index (χ4v) is 3.11. The number of benzene rings is 1. The van der Waals surface area contributed by atoms with Gasteiger partial charge in [-0.3, -0.25) is 4.79 Å². The van der Waals surface area contributed by atoms with Gasteiger partial charge in [-0.25, -0.2) is 4.98 Å². The van der Waals surface area contributed by atoms with E-state index in [-0.39, 0.29) is 12.5 Å². The van der Waals surface area contributed by atoms with Gasteiger partial charge in [0.25, 0.3) is 5.91 Å². The number of aromatic nitrogens is 2. The molecule has 0 bridgehead atoms. The van der Waals surface area contributed by atoms with E-state index in [1.807, 2.05) is 13.0 Å². The Hall–Kier alpha value is -3.14. The summed E-state index contributed by atoms with van der Waals surface area (Å²) >= 11 is 0. The van der Waals surface area contributed by atoms with Gasteiger partial charge in [0.1, 0.15) is 0 Å². The molecular weight excluding hydrogens is 342 g/mol. The van der Waals surface area contributed by atoms with Crippen molar-refractivity contribution in [3.8, 4) is 11.9 Å². The third kappa shape index (κ3) is 5.17. The average molecular weight is 365 g/mol. The Kier molecular flexibility index (Phi) is 5.87. The van der Waals surface area contributed by atoms with Crippen molar-refractivity contribution in [2.75, 3.05) is 29.9 Å². The molecule has 0 saturated carbocycles. The van der Waals surface area contributed by atoms with Crippen molar-refractivity contribution in [3.63, 3.8) is 0 Å². The van der Waals surface area contributed by atoms with Crippen LogP contribution in [-0.4, -0.2) is 35.6 Å². The average Bonchev–Trinajstić information content (AvgIpc) is 2.66. The number of rotatable bonds is 5. The number of aryl methyl sites for hydroxylation is 1. The van der Waals surface area contributed by atoms with Gasteiger partial charge in [0.05, 0.1) is 11.6 Å². The van der Waals surface area contributed by atoms with Gasteiger partial charge in [-0.2, -0.15) is 10.2 Å². The first kappa shape index (κ1) is 18.6. The number of nitrogens with one attached hydrogen (secondary N) is 1. The van der Waals surface area contributed by atoms with Crippen LogP contribution in [0.3, 0.4) is 0 Å². The Morgan fingerprint density at radius 1 is 1.41 bits per heavy atom. The van der Waals surface area contributed by atoms with Gasteiger partial charge in [0.2, 0.25) is 11.8 Å². The van der Waals surface area contributed by atoms with Crippen molar-refractivity contribution in [2.24, 2.45) is 5.92 Å². The molecule has 1 aromatic heterocycles. The van der Waals surface area contributed by atoms with Crippen molar-refractivity contribution >= 4 is 17.5 Å². The summed E-state index contributed by atoms with van der Waals surface area (Å²) in [5, 5.41) is 11.6. The normalized spacial score (nSPS) is 16.5. The molecule has 3 rings (SSSR count). The third-order valence-corrected chi connectivity index (χ3v) is 4.39. The number of amides is 1. The maximum atomic E-state index is 12.1. The summed E-state index contributed by atoms with van der Waals surface area (Å²) in [5.74, 6) is 1.34. The molecule has 1 atom stereocenters. The molecule has 7 nitrogen and oxygen atoms in total. The Labute approximate surface area is 159 Å². The monoisotopic (exact) mass is 365 g/mol. The van der Waals surface area contributed by atoms with E-state index in [1.54, 1.807) is 30.3 Å². The topological polar surface area (TPSA) is 91.1 Å². The lowest BCUT2D eigenvalue weighted by molar-refractivity contribution is -0.118. The fourth-order valence-electron chi connectivity index (χ4n) is 3.11. The number of anilines is 2. The molecule has 2 aromatic rings. The molecule has 1 aliphatic rings. The Morgan fingerprint density at radius 3 is 3.04 bits per heavy atom. The second-order valence-electron chi connectivity index (χ2n) is 6.87. The van der Waals surface area contributed by atoms with Crippen LogP contribution in [0.25, 0.3) is 0 Å². The number of carbonyl (C=O) groups excluding carboxylic acids is 1. The molecule has 140 valence electrons. The van der Waals surface area contributed by atoms with Gasteiger partial charge >= 0.3 is 0 Å². The van der Waals surface area contributed by atoms with Crippen molar-refractivity contribution < 1.29 is 9.53 Å². The smallest absolute Gasteiger partial charge is 0.262 e. The summed E-state index contributed by atoms with van der Waals surface area (Å²) in [6, 6.07) is 10.5. The molecule has 1 saturated heterocycles. The van der Waals surface area contributed by atoms with Crippen LogP contribution in [0, 0.1) is 24.2 Å². The summed E-state index contributed by atoms with van der Waals surface area (Å²) in [6.45, 7) is 5.81. The van der Waals surface area contributed by atoms with Gasteiger partial charge in [-0.05, 0) is 43.9 Å². The standard InChI is InChI=1S/C20H23N5O2/c1-14-5-4-8-25(12-14)20-22-15(2)9-19(24-20)27-13-18(26)23-17-7-3-6-16(10-17)11-21/h3,6-7,9-10,14H,4-5,8,12-13H2,1-2H3,(H,23,26)/t14-/m1/s1. The van der Waals surface area contributed by atoms with Gasteiger partial charge in [-0.1, -0.05) is 13.0 Å². The van der Waals surface area contributed by atoms with E-state index in [1.165, 1.54) is 6.42 Å². The first-order valence-corrected chi connectivity index (χ1v) is 9.07. The van der Waals surface area contributed by atoms with Crippen LogP contribution in [0.2, 0.25) is 0 Å². The summed E-state index contributed by atoms with van der Waals surface area (Å²) < 4.78 is 5.58. The summed E-state index contributed by atoms with van der Waals surface area (Å²) in [7, 11) is 0. The van der Waals surface area contributed by atoms with Crippen molar-refractivity contribution in [3.05, 3.63) is 41.6 Å². The Balaban J connectivity index is 1.61. The largest absolute Gasteiger partial charge is 0.467 e. The minimum Gasteiger partial charge on any atom is -0.467 e. The number of hydrogen-bond acceptors (Lipinski definition) is 6. The van der Waals surface area contributed by atoms with Crippen molar-refractivity contribution in [1.82, 2.24) is 9.97 Å². The van der Waals surface area contributed by atoms with Crippen LogP contribution < -0.4 is 15.0 Å². The zero-order chi connectivity index (χ0) is 19.2. The van der Waals surface area contributed by atoms with Gasteiger partial charge in [0.15, 0.2) is 6.61 Å². The molecule has 1 N–H and O–H groups in total. The summed E-state index contributed by atoms with van der Waals surface area (Å²) in [5.41, 5.74) is 1.85. The predicted molar refractivity (Wildman–Crippen MR) is 103 cm³/mol. The molecule has 0 aliphatic carbocycles. The second kappa shape index (κ2) is 8.49. The molecule has 1 aromatic carbocycles. The van der Waals surface area contributed by atoms with Crippen LogP contribution >= 0.6 is 0 Å². The lowest BCUT2D eigenvalue weighted by Crippen LogP contribution is -2.35. The SMILES string of the molecule is Cc1cc(OCC(=O)Nc2cccc(C#N)c2)nc(N2CCC[C@@H](C)C2)n1. The number of ether oxygens (including phenoxy) is 1.